The Morgan fingerprint density at radius 2 is 1.33 bits per heavy atom. The van der Waals surface area contributed by atoms with E-state index in [2.05, 4.69) is 5.32 Å². The summed E-state index contributed by atoms with van der Waals surface area (Å²) in [6.45, 7) is 1.60. The van der Waals surface area contributed by atoms with Gasteiger partial charge in [0.15, 0.2) is 0 Å². The van der Waals surface area contributed by atoms with Crippen molar-refractivity contribution in [1.82, 2.24) is 0 Å². The molecule has 1 N–H and O–H groups in total. The first-order valence-corrected chi connectivity index (χ1v) is 7.31. The first-order chi connectivity index (χ1) is 12.6. The summed E-state index contributed by atoms with van der Waals surface area (Å²) in [5.41, 5.74) is -2.54. The van der Waals surface area contributed by atoms with Crippen molar-refractivity contribution in [2.45, 2.75) is 13.3 Å². The van der Waals surface area contributed by atoms with Crippen LogP contribution in [0, 0.1) is 40.5 Å². The van der Waals surface area contributed by atoms with Crippen molar-refractivity contribution in [1.29, 1.82) is 0 Å². The van der Waals surface area contributed by atoms with Gasteiger partial charge in [-0.2, -0.15) is 0 Å². The summed E-state index contributed by atoms with van der Waals surface area (Å²) >= 11 is 0. The zero-order valence-electron chi connectivity index (χ0n) is 13.6. The van der Waals surface area contributed by atoms with Gasteiger partial charge in [0.25, 0.3) is 22.7 Å². The smallest absolute Gasteiger partial charge is 0.299 e. The predicted molar refractivity (Wildman–Crippen MR) is 92.2 cm³/mol. The Kier molecular flexibility index (Phi) is 5.24. The van der Waals surface area contributed by atoms with Gasteiger partial charge in [0.05, 0.1) is 31.8 Å². The Bertz CT molecular complexity index is 974. The lowest BCUT2D eigenvalue weighted by Gasteiger charge is -2.12. The van der Waals surface area contributed by atoms with E-state index in [4.69, 9.17) is 0 Å². The summed E-state index contributed by atoms with van der Waals surface area (Å²) < 4.78 is 0. The van der Waals surface area contributed by atoms with Gasteiger partial charge in [0.2, 0.25) is 0 Å². The summed E-state index contributed by atoms with van der Waals surface area (Å²) in [7, 11) is 0. The zero-order chi connectivity index (χ0) is 20.3. The van der Waals surface area contributed by atoms with Crippen molar-refractivity contribution in [2.24, 2.45) is 0 Å². The van der Waals surface area contributed by atoms with Crippen LogP contribution in [-0.4, -0.2) is 19.7 Å². The number of nitrogens with one attached hydrogen (secondary N) is 1. The van der Waals surface area contributed by atoms with E-state index in [1.165, 1.54) is 0 Å². The quantitative estimate of drug-likeness (QED) is 0.555. The Morgan fingerprint density at radius 1 is 0.778 bits per heavy atom. The first kappa shape index (κ1) is 19.2. The maximum absolute atomic E-state index is 11.3. The Morgan fingerprint density at radius 3 is 1.81 bits per heavy atom. The van der Waals surface area contributed by atoms with E-state index in [0.29, 0.717) is 6.07 Å². The highest BCUT2D eigenvalue weighted by Gasteiger charge is 2.26. The number of aryl methyl sites for hydroxylation is 1. The maximum Gasteiger partial charge on any atom is 0.299 e. The summed E-state index contributed by atoms with van der Waals surface area (Å²) in [5.74, 6) is 0. The number of nitro benzene ring substituents is 4. The topological polar surface area (TPSA) is 185 Å². The standard InChI is InChI=1S/C14H11N5O8/c1-2-8-5-10(17(22)23)7-13(19(26)27)14(8)15-11-4-3-9(16(20)21)6-12(11)18(24)25/h3-7,15H,2H2,1H3. The molecule has 0 aliphatic carbocycles. The zero-order valence-corrected chi connectivity index (χ0v) is 13.6. The summed E-state index contributed by atoms with van der Waals surface area (Å²) in [4.78, 5) is 41.0. The van der Waals surface area contributed by atoms with Crippen molar-refractivity contribution in [3.05, 3.63) is 76.4 Å². The van der Waals surface area contributed by atoms with Crippen molar-refractivity contribution >= 4 is 34.1 Å². The van der Waals surface area contributed by atoms with Gasteiger partial charge < -0.3 is 5.32 Å². The molecule has 0 atom stereocenters. The summed E-state index contributed by atoms with van der Waals surface area (Å²) in [6, 6.07) is 4.61. The van der Waals surface area contributed by atoms with E-state index in [0.717, 1.165) is 24.3 Å². The van der Waals surface area contributed by atoms with E-state index in [1.54, 1.807) is 6.92 Å². The molecule has 27 heavy (non-hydrogen) atoms. The number of nitrogens with zero attached hydrogens (tertiary/aromatic N) is 4. The third-order valence-corrected chi connectivity index (χ3v) is 3.62. The van der Waals surface area contributed by atoms with Gasteiger partial charge in [-0.05, 0) is 18.1 Å². The minimum Gasteiger partial charge on any atom is -0.344 e. The van der Waals surface area contributed by atoms with E-state index in [9.17, 15) is 40.5 Å². The van der Waals surface area contributed by atoms with Gasteiger partial charge >= 0.3 is 0 Å². The van der Waals surface area contributed by atoms with Crippen LogP contribution in [-0.2, 0) is 6.42 Å². The molecule has 2 aromatic rings. The monoisotopic (exact) mass is 377 g/mol. The molecule has 0 aliphatic heterocycles. The second kappa shape index (κ2) is 7.38. The minimum absolute atomic E-state index is 0.158. The molecule has 13 nitrogen and oxygen atoms in total. The molecule has 0 radical (unpaired) electrons. The lowest BCUT2D eigenvalue weighted by atomic mass is 10.1. The lowest BCUT2D eigenvalue weighted by molar-refractivity contribution is -0.393. The molecule has 0 unspecified atom stereocenters. The minimum atomic E-state index is -0.877. The molecule has 0 saturated carbocycles. The fraction of sp³-hybridized carbons (Fsp3) is 0.143. The van der Waals surface area contributed by atoms with Gasteiger partial charge in [-0.1, -0.05) is 6.92 Å². The van der Waals surface area contributed by atoms with E-state index >= 15 is 0 Å². The predicted octanol–water partition coefficient (Wildman–Crippen LogP) is 3.63. The van der Waals surface area contributed by atoms with Crippen LogP contribution in [0.5, 0.6) is 0 Å². The van der Waals surface area contributed by atoms with Crippen LogP contribution < -0.4 is 5.32 Å². The van der Waals surface area contributed by atoms with Crippen molar-refractivity contribution in [3.8, 4) is 0 Å². The van der Waals surface area contributed by atoms with Crippen LogP contribution in [0.1, 0.15) is 12.5 Å². The van der Waals surface area contributed by atoms with Crippen LogP contribution in [0.4, 0.5) is 34.1 Å². The fourth-order valence-electron chi connectivity index (χ4n) is 2.37. The van der Waals surface area contributed by atoms with Gasteiger partial charge in [0.1, 0.15) is 11.4 Å². The number of rotatable bonds is 7. The molecule has 0 aromatic heterocycles. The second-order valence-corrected chi connectivity index (χ2v) is 5.21. The molecule has 0 spiro atoms. The van der Waals surface area contributed by atoms with E-state index in [1.807, 2.05) is 0 Å². The summed E-state index contributed by atoms with van der Waals surface area (Å²) in [5, 5.41) is 46.9. The normalized spacial score (nSPS) is 10.3. The van der Waals surface area contributed by atoms with E-state index in [-0.39, 0.29) is 23.4 Å². The third-order valence-electron chi connectivity index (χ3n) is 3.62. The molecule has 140 valence electrons. The van der Waals surface area contributed by atoms with Crippen molar-refractivity contribution in [3.63, 3.8) is 0 Å². The lowest BCUT2D eigenvalue weighted by Crippen LogP contribution is -2.05. The highest BCUT2D eigenvalue weighted by atomic mass is 16.6. The average molecular weight is 377 g/mol. The van der Waals surface area contributed by atoms with Crippen LogP contribution in [0.25, 0.3) is 0 Å². The number of hydrogen-bond acceptors (Lipinski definition) is 9. The molecule has 0 fully saturated rings. The second-order valence-electron chi connectivity index (χ2n) is 5.21. The van der Waals surface area contributed by atoms with Crippen molar-refractivity contribution < 1.29 is 19.7 Å². The highest BCUT2D eigenvalue weighted by molar-refractivity contribution is 5.80. The van der Waals surface area contributed by atoms with Crippen LogP contribution in [0.3, 0.4) is 0 Å². The van der Waals surface area contributed by atoms with Crippen LogP contribution >= 0.6 is 0 Å². The van der Waals surface area contributed by atoms with Crippen molar-refractivity contribution in [2.75, 3.05) is 5.32 Å². The number of hydrogen-bond donors (Lipinski definition) is 1. The largest absolute Gasteiger partial charge is 0.344 e. The molecule has 0 aliphatic rings. The molecular weight excluding hydrogens is 366 g/mol. The van der Waals surface area contributed by atoms with Crippen LogP contribution in [0.15, 0.2) is 30.3 Å². The number of benzene rings is 2. The first-order valence-electron chi connectivity index (χ1n) is 7.31. The molecule has 0 bridgehead atoms. The van der Waals surface area contributed by atoms with Gasteiger partial charge in [0, 0.05) is 12.1 Å². The molecular formula is C14H11N5O8. The molecule has 2 aromatic carbocycles. The van der Waals surface area contributed by atoms with E-state index < -0.39 is 42.4 Å². The molecule has 0 saturated heterocycles. The number of non-ortho nitro benzene ring substituents is 2. The fourth-order valence-corrected chi connectivity index (χ4v) is 2.37. The van der Waals surface area contributed by atoms with Gasteiger partial charge in [-0.15, -0.1) is 0 Å². The van der Waals surface area contributed by atoms with Gasteiger partial charge in [-0.25, -0.2) is 0 Å². The highest BCUT2D eigenvalue weighted by Crippen LogP contribution is 2.38. The molecule has 2 rings (SSSR count). The average Bonchev–Trinajstić information content (AvgIpc) is 2.61. The molecule has 0 amide bonds. The van der Waals surface area contributed by atoms with Crippen LogP contribution in [0.2, 0.25) is 0 Å². The molecule has 0 heterocycles. The van der Waals surface area contributed by atoms with Gasteiger partial charge in [-0.3, -0.25) is 40.5 Å². The summed E-state index contributed by atoms with van der Waals surface area (Å²) in [6.07, 6.45) is 0.158. The Labute approximate surface area is 149 Å². The SMILES string of the molecule is CCc1cc([N+](=O)[O-])cc([N+](=O)[O-])c1Nc1ccc([N+](=O)[O-])cc1[N+](=O)[O-]. The Hall–Kier alpha value is -4.16. The number of anilines is 2. The number of nitro groups is 4. The third kappa shape index (κ3) is 3.92. The maximum atomic E-state index is 11.3. The Balaban J connectivity index is 2.66. The molecule has 13 heteroatoms.